The molecule has 9 nitrogen and oxygen atoms in total. The number of hydroxylamine groups is 1. The van der Waals surface area contributed by atoms with Gasteiger partial charge < -0.3 is 10.4 Å². The normalized spacial score (nSPS) is 10.8. The molecular weight excluding hydrogens is 242 g/mol. The summed E-state index contributed by atoms with van der Waals surface area (Å²) in [5.41, 5.74) is 1.80. The molecule has 0 aliphatic rings. The molecule has 0 aromatic heterocycles. The van der Waals surface area contributed by atoms with Crippen LogP contribution >= 0.6 is 0 Å². The highest BCUT2D eigenvalue weighted by Gasteiger charge is 2.04. The highest BCUT2D eigenvalue weighted by molar-refractivity contribution is 7.89. The lowest BCUT2D eigenvalue weighted by atomic mass is 10.5. The first-order valence-corrected chi connectivity index (χ1v) is 5.90. The molecule has 0 bridgehead atoms. The van der Waals surface area contributed by atoms with Crippen molar-refractivity contribution < 1.29 is 28.0 Å². The fourth-order valence-electron chi connectivity index (χ4n) is 0.675. The van der Waals surface area contributed by atoms with E-state index in [0.29, 0.717) is 0 Å². The molecule has 0 atom stereocenters. The van der Waals surface area contributed by atoms with Gasteiger partial charge in [-0.1, -0.05) is 0 Å². The van der Waals surface area contributed by atoms with Gasteiger partial charge in [-0.15, -0.1) is 0 Å². The lowest BCUT2D eigenvalue weighted by Gasteiger charge is -2.05. The van der Waals surface area contributed by atoms with Crippen LogP contribution in [0.2, 0.25) is 0 Å². The van der Waals surface area contributed by atoms with E-state index in [0.717, 1.165) is 0 Å². The van der Waals surface area contributed by atoms with Crippen LogP contribution in [-0.4, -0.2) is 44.4 Å². The van der Waals surface area contributed by atoms with Crippen LogP contribution in [0.4, 0.5) is 4.79 Å². The number of carboxylic acids is 1. The second-order valence-corrected chi connectivity index (χ2v) is 4.49. The summed E-state index contributed by atoms with van der Waals surface area (Å²) in [5.74, 6) is -1.47. The smallest absolute Gasteiger partial charge is 0.338 e. The van der Waals surface area contributed by atoms with Gasteiger partial charge in [0, 0.05) is 6.54 Å². The number of amides is 2. The van der Waals surface area contributed by atoms with Gasteiger partial charge in [-0.05, 0) is 6.42 Å². The SMILES string of the molecule is NS(=O)(=O)CCCNC(=O)NOCC(=O)O. The summed E-state index contributed by atoms with van der Waals surface area (Å²) in [7, 11) is -3.53. The van der Waals surface area contributed by atoms with Crippen molar-refractivity contribution in [3.05, 3.63) is 0 Å². The number of sulfonamides is 1. The molecule has 10 heteroatoms. The number of hydrogen-bond donors (Lipinski definition) is 4. The first kappa shape index (κ1) is 14.6. The van der Waals surface area contributed by atoms with E-state index in [1.807, 2.05) is 0 Å². The minimum absolute atomic E-state index is 0.0820. The maximum Gasteiger partial charge on any atom is 0.338 e. The van der Waals surface area contributed by atoms with E-state index in [1.165, 1.54) is 0 Å². The number of aliphatic carboxylic acids is 1. The summed E-state index contributed by atoms with van der Waals surface area (Å²) in [4.78, 5) is 25.1. The molecule has 2 amide bonds. The molecule has 0 heterocycles. The Morgan fingerprint density at radius 2 is 2.00 bits per heavy atom. The quantitative estimate of drug-likeness (QED) is 0.305. The Kier molecular flexibility index (Phi) is 6.37. The lowest BCUT2D eigenvalue weighted by Crippen LogP contribution is -2.37. The molecule has 0 aromatic rings. The molecular formula is C6H13N3O6S. The molecule has 0 saturated heterocycles. The third-order valence-corrected chi connectivity index (χ3v) is 2.11. The number of carbonyl (C=O) groups excluding carboxylic acids is 1. The second-order valence-electron chi connectivity index (χ2n) is 2.76. The summed E-state index contributed by atoms with van der Waals surface area (Å²) in [6, 6.07) is -0.754. The van der Waals surface area contributed by atoms with Crippen molar-refractivity contribution in [2.24, 2.45) is 5.14 Å². The first-order chi connectivity index (χ1) is 7.31. The van der Waals surface area contributed by atoms with Gasteiger partial charge in [-0.25, -0.2) is 28.6 Å². The fourth-order valence-corrected chi connectivity index (χ4v) is 1.22. The molecule has 0 aromatic carbocycles. The number of carboxylic acid groups (broad SMARTS) is 1. The van der Waals surface area contributed by atoms with Crippen LogP contribution in [0.5, 0.6) is 0 Å². The minimum atomic E-state index is -3.53. The van der Waals surface area contributed by atoms with Crippen molar-refractivity contribution in [3.63, 3.8) is 0 Å². The predicted molar refractivity (Wildman–Crippen MR) is 52.7 cm³/mol. The first-order valence-electron chi connectivity index (χ1n) is 4.19. The molecule has 16 heavy (non-hydrogen) atoms. The Morgan fingerprint density at radius 3 is 2.50 bits per heavy atom. The number of nitrogens with two attached hydrogens (primary N) is 1. The Hall–Kier alpha value is -1.39. The molecule has 0 radical (unpaired) electrons. The summed E-state index contributed by atoms with van der Waals surface area (Å²) in [6.07, 6.45) is 0.158. The number of primary sulfonamides is 1. The number of rotatable bonds is 7. The van der Waals surface area contributed by atoms with E-state index >= 15 is 0 Å². The zero-order valence-electron chi connectivity index (χ0n) is 8.30. The molecule has 0 aliphatic heterocycles. The van der Waals surface area contributed by atoms with Crippen LogP contribution in [0.15, 0.2) is 0 Å². The van der Waals surface area contributed by atoms with Gasteiger partial charge >= 0.3 is 12.0 Å². The van der Waals surface area contributed by atoms with Crippen molar-refractivity contribution in [2.75, 3.05) is 18.9 Å². The summed E-state index contributed by atoms with van der Waals surface area (Å²) in [5, 5.41) is 15.1. The third-order valence-electron chi connectivity index (χ3n) is 1.25. The van der Waals surface area contributed by atoms with Crippen molar-refractivity contribution >= 4 is 22.0 Å². The minimum Gasteiger partial charge on any atom is -0.479 e. The predicted octanol–water partition coefficient (Wildman–Crippen LogP) is -2.02. The molecule has 0 spiro atoms. The molecule has 0 aliphatic carbocycles. The van der Waals surface area contributed by atoms with Crippen LogP contribution in [0.25, 0.3) is 0 Å². The second kappa shape index (κ2) is 6.98. The Bertz CT molecular complexity index is 340. The Balaban J connectivity index is 3.48. The van der Waals surface area contributed by atoms with Gasteiger partial charge in [0.05, 0.1) is 5.75 Å². The van der Waals surface area contributed by atoms with Crippen LogP contribution < -0.4 is 15.9 Å². The number of hydrogen-bond acceptors (Lipinski definition) is 5. The van der Waals surface area contributed by atoms with Gasteiger partial charge in [0.1, 0.15) is 0 Å². The van der Waals surface area contributed by atoms with Gasteiger partial charge in [0.2, 0.25) is 10.0 Å². The standard InChI is InChI=1S/C6H13N3O6S/c7-16(13,14)3-1-2-8-6(12)9-15-4-5(10)11/h1-4H2,(H,10,11)(H2,7,13,14)(H2,8,9,12). The number of carbonyl (C=O) groups is 2. The zero-order chi connectivity index (χ0) is 12.6. The highest BCUT2D eigenvalue weighted by atomic mass is 32.2. The lowest BCUT2D eigenvalue weighted by molar-refractivity contribution is -0.144. The topological polar surface area (TPSA) is 148 Å². The molecule has 0 unspecified atom stereocenters. The third kappa shape index (κ3) is 10.7. The van der Waals surface area contributed by atoms with E-state index < -0.39 is 28.6 Å². The van der Waals surface area contributed by atoms with E-state index in [1.54, 1.807) is 5.48 Å². The largest absolute Gasteiger partial charge is 0.479 e. The van der Waals surface area contributed by atoms with Crippen LogP contribution in [0, 0.1) is 0 Å². The maximum absolute atomic E-state index is 10.8. The molecule has 0 saturated carbocycles. The summed E-state index contributed by atoms with van der Waals surface area (Å²) < 4.78 is 21.0. The van der Waals surface area contributed by atoms with Crippen LogP contribution in [-0.2, 0) is 19.7 Å². The number of nitrogens with one attached hydrogen (secondary N) is 2. The van der Waals surface area contributed by atoms with Gasteiger partial charge in [-0.3, -0.25) is 4.84 Å². The molecule has 5 N–H and O–H groups in total. The van der Waals surface area contributed by atoms with E-state index in [9.17, 15) is 18.0 Å². The van der Waals surface area contributed by atoms with Crippen molar-refractivity contribution in [3.8, 4) is 0 Å². The monoisotopic (exact) mass is 255 g/mol. The van der Waals surface area contributed by atoms with Gasteiger partial charge in [0.25, 0.3) is 0 Å². The molecule has 0 fully saturated rings. The van der Waals surface area contributed by atoms with Gasteiger partial charge in [0.15, 0.2) is 6.61 Å². The van der Waals surface area contributed by atoms with E-state index in [-0.39, 0.29) is 18.7 Å². The van der Waals surface area contributed by atoms with Crippen LogP contribution in [0.1, 0.15) is 6.42 Å². The average molecular weight is 255 g/mol. The number of urea groups is 1. The highest BCUT2D eigenvalue weighted by Crippen LogP contribution is 1.83. The Morgan fingerprint density at radius 1 is 1.38 bits per heavy atom. The van der Waals surface area contributed by atoms with E-state index in [2.05, 4.69) is 10.2 Å². The summed E-state index contributed by atoms with van der Waals surface area (Å²) in [6.45, 7) is -0.580. The van der Waals surface area contributed by atoms with Crippen molar-refractivity contribution in [2.45, 2.75) is 6.42 Å². The maximum atomic E-state index is 10.8. The average Bonchev–Trinajstić information content (AvgIpc) is 2.10. The Labute approximate surface area is 91.9 Å². The van der Waals surface area contributed by atoms with Crippen molar-refractivity contribution in [1.29, 1.82) is 0 Å². The summed E-state index contributed by atoms with van der Waals surface area (Å²) >= 11 is 0. The van der Waals surface area contributed by atoms with Crippen LogP contribution in [0.3, 0.4) is 0 Å². The fraction of sp³-hybridized carbons (Fsp3) is 0.667. The molecule has 94 valence electrons. The van der Waals surface area contributed by atoms with Gasteiger partial charge in [-0.2, -0.15) is 0 Å². The molecule has 0 rings (SSSR count). The zero-order valence-corrected chi connectivity index (χ0v) is 9.12. The van der Waals surface area contributed by atoms with Crippen molar-refractivity contribution in [1.82, 2.24) is 10.8 Å². The van der Waals surface area contributed by atoms with E-state index in [4.69, 9.17) is 10.2 Å².